The van der Waals surface area contributed by atoms with Crippen molar-refractivity contribution in [1.82, 2.24) is 14.9 Å². The number of nitrogens with zero attached hydrogens (tertiary/aromatic N) is 1. The molecule has 1 saturated carbocycles. The standard InChI is InChI=1S/C20H28N4O5S/c1-14(25)23-17-6-8-18(9-7-17)30(28,29)22-12-15-2-4-16(5-3-15)20(27)24-11-10-21-19(26)13-24/h6-9,15-16,22H,2-5,10-13H2,1H3,(H,21,26)(H,23,25). The Kier molecular flexibility index (Phi) is 7.09. The Morgan fingerprint density at radius 3 is 2.40 bits per heavy atom. The summed E-state index contributed by atoms with van der Waals surface area (Å²) in [6, 6.07) is 6.01. The van der Waals surface area contributed by atoms with Gasteiger partial charge in [-0.2, -0.15) is 0 Å². The number of amides is 3. The van der Waals surface area contributed by atoms with Crippen molar-refractivity contribution in [3.63, 3.8) is 0 Å². The van der Waals surface area contributed by atoms with E-state index in [4.69, 9.17) is 0 Å². The fraction of sp³-hybridized carbons (Fsp3) is 0.550. The van der Waals surface area contributed by atoms with Crippen molar-refractivity contribution in [3.8, 4) is 0 Å². The van der Waals surface area contributed by atoms with Gasteiger partial charge in [0.15, 0.2) is 0 Å². The van der Waals surface area contributed by atoms with Crippen molar-refractivity contribution in [2.75, 3.05) is 31.5 Å². The lowest BCUT2D eigenvalue weighted by molar-refractivity contribution is -0.142. The average molecular weight is 437 g/mol. The van der Waals surface area contributed by atoms with Gasteiger partial charge >= 0.3 is 0 Å². The molecule has 0 bridgehead atoms. The normalized spacial score (nSPS) is 22.3. The van der Waals surface area contributed by atoms with Gasteiger partial charge in [0.05, 0.1) is 11.4 Å². The number of hydrogen-bond donors (Lipinski definition) is 3. The van der Waals surface area contributed by atoms with E-state index in [9.17, 15) is 22.8 Å². The summed E-state index contributed by atoms with van der Waals surface area (Å²) in [5, 5.41) is 5.32. The fourth-order valence-electron chi connectivity index (χ4n) is 3.93. The molecule has 9 nitrogen and oxygen atoms in total. The van der Waals surface area contributed by atoms with Crippen LogP contribution in [-0.2, 0) is 24.4 Å². The minimum atomic E-state index is -3.64. The van der Waals surface area contributed by atoms with Crippen LogP contribution < -0.4 is 15.4 Å². The molecule has 1 aromatic rings. The number of carbonyl (C=O) groups is 3. The zero-order valence-corrected chi connectivity index (χ0v) is 17.8. The van der Waals surface area contributed by atoms with Crippen LogP contribution in [0.25, 0.3) is 0 Å². The minimum Gasteiger partial charge on any atom is -0.353 e. The lowest BCUT2D eigenvalue weighted by Gasteiger charge is -2.33. The maximum absolute atomic E-state index is 12.6. The minimum absolute atomic E-state index is 0.0307. The van der Waals surface area contributed by atoms with Gasteiger partial charge in [-0.25, -0.2) is 13.1 Å². The second-order valence-corrected chi connectivity index (χ2v) is 9.65. The van der Waals surface area contributed by atoms with Crippen LogP contribution in [0.2, 0.25) is 0 Å². The van der Waals surface area contributed by atoms with Crippen LogP contribution in [0.4, 0.5) is 5.69 Å². The van der Waals surface area contributed by atoms with Gasteiger partial charge in [0, 0.05) is 38.2 Å². The third-order valence-corrected chi connectivity index (χ3v) is 7.03. The lowest BCUT2D eigenvalue weighted by atomic mass is 9.81. The highest BCUT2D eigenvalue weighted by Crippen LogP contribution is 2.30. The molecule has 2 aliphatic rings. The van der Waals surface area contributed by atoms with E-state index in [0.29, 0.717) is 38.2 Å². The quantitative estimate of drug-likeness (QED) is 0.605. The van der Waals surface area contributed by atoms with Crippen LogP contribution in [0.1, 0.15) is 32.6 Å². The summed E-state index contributed by atoms with van der Waals surface area (Å²) in [5.41, 5.74) is 0.538. The molecule has 1 aliphatic carbocycles. The molecule has 164 valence electrons. The fourth-order valence-corrected chi connectivity index (χ4v) is 5.05. The first-order valence-corrected chi connectivity index (χ1v) is 11.7. The highest BCUT2D eigenvalue weighted by atomic mass is 32.2. The SMILES string of the molecule is CC(=O)Nc1ccc(S(=O)(=O)NCC2CCC(C(=O)N3CCNC(=O)C3)CC2)cc1. The molecule has 3 rings (SSSR count). The number of hydrogen-bond acceptors (Lipinski definition) is 5. The Hall–Kier alpha value is -2.46. The molecule has 0 radical (unpaired) electrons. The second kappa shape index (κ2) is 9.57. The Labute approximate surface area is 176 Å². The van der Waals surface area contributed by atoms with Gasteiger partial charge in [-0.15, -0.1) is 0 Å². The molecule has 3 N–H and O–H groups in total. The van der Waals surface area contributed by atoms with E-state index < -0.39 is 10.0 Å². The summed E-state index contributed by atoms with van der Waals surface area (Å²) < 4.78 is 27.7. The maximum atomic E-state index is 12.6. The summed E-state index contributed by atoms with van der Waals surface area (Å²) in [5.74, 6) is -0.232. The Balaban J connectivity index is 1.47. The Morgan fingerprint density at radius 2 is 1.80 bits per heavy atom. The van der Waals surface area contributed by atoms with Crippen LogP contribution in [0, 0.1) is 11.8 Å². The number of anilines is 1. The van der Waals surface area contributed by atoms with Gasteiger partial charge < -0.3 is 15.5 Å². The first-order chi connectivity index (χ1) is 14.2. The van der Waals surface area contributed by atoms with Crippen LogP contribution in [-0.4, -0.2) is 57.2 Å². The lowest BCUT2D eigenvalue weighted by Crippen LogP contribution is -2.52. The van der Waals surface area contributed by atoms with E-state index in [2.05, 4.69) is 15.4 Å². The molecule has 0 atom stereocenters. The predicted molar refractivity (Wildman–Crippen MR) is 111 cm³/mol. The Bertz CT molecular complexity index is 892. The zero-order valence-electron chi connectivity index (χ0n) is 17.0. The van der Waals surface area contributed by atoms with E-state index in [1.54, 1.807) is 17.0 Å². The van der Waals surface area contributed by atoms with Crippen molar-refractivity contribution < 1.29 is 22.8 Å². The number of sulfonamides is 1. The molecule has 10 heteroatoms. The van der Waals surface area contributed by atoms with E-state index in [1.807, 2.05) is 0 Å². The van der Waals surface area contributed by atoms with E-state index >= 15 is 0 Å². The van der Waals surface area contributed by atoms with Gasteiger partial charge in [-0.3, -0.25) is 14.4 Å². The Morgan fingerprint density at radius 1 is 1.13 bits per heavy atom. The molecule has 1 heterocycles. The molecule has 0 unspecified atom stereocenters. The van der Waals surface area contributed by atoms with Crippen LogP contribution in [0.15, 0.2) is 29.2 Å². The zero-order chi connectivity index (χ0) is 21.7. The molecule has 1 saturated heterocycles. The molecular formula is C20H28N4O5S. The van der Waals surface area contributed by atoms with Gasteiger partial charge in [-0.1, -0.05) is 0 Å². The van der Waals surface area contributed by atoms with Crippen molar-refractivity contribution in [1.29, 1.82) is 0 Å². The van der Waals surface area contributed by atoms with Crippen molar-refractivity contribution >= 4 is 33.4 Å². The van der Waals surface area contributed by atoms with Gasteiger partial charge in [0.1, 0.15) is 0 Å². The molecule has 30 heavy (non-hydrogen) atoms. The summed E-state index contributed by atoms with van der Waals surface area (Å²) in [7, 11) is -3.64. The molecule has 1 aromatic carbocycles. The largest absolute Gasteiger partial charge is 0.353 e. The monoisotopic (exact) mass is 436 g/mol. The summed E-state index contributed by atoms with van der Waals surface area (Å²) in [6.07, 6.45) is 2.93. The van der Waals surface area contributed by atoms with Gasteiger partial charge in [0.2, 0.25) is 27.7 Å². The molecule has 0 aromatic heterocycles. The van der Waals surface area contributed by atoms with Gasteiger partial charge in [0.25, 0.3) is 0 Å². The van der Waals surface area contributed by atoms with E-state index in [1.165, 1.54) is 19.1 Å². The topological polar surface area (TPSA) is 125 Å². The smallest absolute Gasteiger partial charge is 0.240 e. The average Bonchev–Trinajstić information content (AvgIpc) is 2.72. The van der Waals surface area contributed by atoms with Crippen LogP contribution in [0.5, 0.6) is 0 Å². The van der Waals surface area contributed by atoms with Crippen molar-refractivity contribution in [3.05, 3.63) is 24.3 Å². The summed E-state index contributed by atoms with van der Waals surface area (Å²) in [6.45, 7) is 2.87. The van der Waals surface area contributed by atoms with Crippen molar-refractivity contribution in [2.24, 2.45) is 11.8 Å². The van der Waals surface area contributed by atoms with Crippen LogP contribution in [0.3, 0.4) is 0 Å². The van der Waals surface area contributed by atoms with E-state index in [0.717, 1.165) is 12.8 Å². The number of carbonyl (C=O) groups excluding carboxylic acids is 3. The second-order valence-electron chi connectivity index (χ2n) is 7.88. The number of benzene rings is 1. The summed E-state index contributed by atoms with van der Waals surface area (Å²) in [4.78, 5) is 36.9. The molecule has 2 fully saturated rings. The van der Waals surface area contributed by atoms with Crippen LogP contribution >= 0.6 is 0 Å². The van der Waals surface area contributed by atoms with E-state index in [-0.39, 0.29) is 41.0 Å². The first-order valence-electron chi connectivity index (χ1n) is 10.2. The highest BCUT2D eigenvalue weighted by Gasteiger charge is 2.31. The third kappa shape index (κ3) is 5.79. The summed E-state index contributed by atoms with van der Waals surface area (Å²) >= 11 is 0. The third-order valence-electron chi connectivity index (χ3n) is 5.59. The number of piperazine rings is 1. The van der Waals surface area contributed by atoms with Crippen molar-refractivity contribution in [2.45, 2.75) is 37.5 Å². The maximum Gasteiger partial charge on any atom is 0.240 e. The van der Waals surface area contributed by atoms with Gasteiger partial charge in [-0.05, 0) is 55.9 Å². The first kappa shape index (κ1) is 22.2. The molecular weight excluding hydrogens is 408 g/mol. The number of nitrogens with one attached hydrogen (secondary N) is 3. The predicted octanol–water partition coefficient (Wildman–Crippen LogP) is 0.688. The number of rotatable bonds is 6. The molecule has 0 spiro atoms. The molecule has 3 amide bonds. The molecule has 1 aliphatic heterocycles. The highest BCUT2D eigenvalue weighted by molar-refractivity contribution is 7.89.